The molecule has 0 saturated carbocycles. The Morgan fingerprint density at radius 3 is 2.46 bits per heavy atom. The van der Waals surface area contributed by atoms with Gasteiger partial charge in [-0.3, -0.25) is 0 Å². The number of hydrogen-bond donors (Lipinski definition) is 0. The van der Waals surface area contributed by atoms with Gasteiger partial charge in [-0.15, -0.1) is 0 Å². The van der Waals surface area contributed by atoms with Gasteiger partial charge in [0.1, 0.15) is 0 Å². The maximum atomic E-state index is 4.12. The van der Waals surface area contributed by atoms with E-state index in [1.807, 2.05) is 13.8 Å². The lowest BCUT2D eigenvalue weighted by Crippen LogP contribution is -2.33. The Labute approximate surface area is 248 Å². The highest BCUT2D eigenvalue weighted by atomic mass is 15.2. The van der Waals surface area contributed by atoms with Crippen molar-refractivity contribution in [3.8, 4) is 0 Å². The van der Waals surface area contributed by atoms with E-state index in [2.05, 4.69) is 153 Å². The standard InChI is InChI=1S/C38H39N.C2H6/c1-4-30(3)21-22-31(5-2)27-32-15-14-19-35(24-23-32)39(34-17-8-6-9-18-34)36-28-33-16-10-11-20-37(33)38(29-36)25-12-7-13-26-38;1-2/h5-14,16-25,28H,3-4,15,26-27,29H2,1-2H3;1-2H3/b22-21-,31-5+;. The Balaban J connectivity index is 0.00000189. The van der Waals surface area contributed by atoms with E-state index in [1.54, 1.807) is 0 Å². The molecule has 1 atom stereocenters. The van der Waals surface area contributed by atoms with E-state index < -0.39 is 0 Å². The van der Waals surface area contributed by atoms with Crippen LogP contribution in [0.25, 0.3) is 6.08 Å². The largest absolute Gasteiger partial charge is 0.314 e. The Bertz CT molecular complexity index is 1450. The lowest BCUT2D eigenvalue weighted by Gasteiger charge is -2.41. The number of benzene rings is 2. The number of para-hydroxylation sites is 1. The lowest BCUT2D eigenvalue weighted by molar-refractivity contribution is 0.520. The number of rotatable bonds is 8. The summed E-state index contributed by atoms with van der Waals surface area (Å²) in [4.78, 5) is 2.46. The first-order valence-corrected chi connectivity index (χ1v) is 15.2. The molecule has 0 amide bonds. The third-order valence-corrected chi connectivity index (χ3v) is 7.97. The van der Waals surface area contributed by atoms with E-state index in [0.717, 1.165) is 37.7 Å². The van der Waals surface area contributed by atoms with Crippen LogP contribution in [0.3, 0.4) is 0 Å². The molecule has 1 nitrogen and oxygen atoms in total. The zero-order chi connectivity index (χ0) is 29.1. The third-order valence-electron chi connectivity index (χ3n) is 7.97. The minimum absolute atomic E-state index is 0.0197. The second-order valence-electron chi connectivity index (χ2n) is 10.6. The molecule has 0 radical (unpaired) electrons. The molecule has 0 saturated heterocycles. The van der Waals surface area contributed by atoms with Crippen molar-refractivity contribution in [2.75, 3.05) is 4.90 Å². The fraction of sp³-hybridized carbons (Fsp3) is 0.250. The molecular weight excluding hydrogens is 494 g/mol. The van der Waals surface area contributed by atoms with E-state index in [9.17, 15) is 0 Å². The Morgan fingerprint density at radius 1 is 0.951 bits per heavy atom. The second kappa shape index (κ2) is 14.5. The normalized spacial score (nSPS) is 19.5. The fourth-order valence-corrected chi connectivity index (χ4v) is 5.72. The molecule has 0 heterocycles. The van der Waals surface area contributed by atoms with Crippen LogP contribution in [0, 0.1) is 0 Å². The molecule has 1 unspecified atom stereocenters. The molecule has 2 aromatic rings. The van der Waals surface area contributed by atoms with E-state index in [4.69, 9.17) is 0 Å². The molecule has 41 heavy (non-hydrogen) atoms. The molecule has 210 valence electrons. The zero-order valence-corrected chi connectivity index (χ0v) is 25.3. The highest BCUT2D eigenvalue weighted by Crippen LogP contribution is 2.46. The van der Waals surface area contributed by atoms with Gasteiger partial charge >= 0.3 is 0 Å². The van der Waals surface area contributed by atoms with Crippen molar-refractivity contribution in [3.63, 3.8) is 0 Å². The highest BCUT2D eigenvalue weighted by molar-refractivity contribution is 5.73. The molecule has 0 aliphatic heterocycles. The van der Waals surface area contributed by atoms with Crippen molar-refractivity contribution in [3.05, 3.63) is 167 Å². The minimum Gasteiger partial charge on any atom is -0.314 e. The van der Waals surface area contributed by atoms with Crippen molar-refractivity contribution in [1.82, 2.24) is 0 Å². The van der Waals surface area contributed by atoms with Crippen molar-refractivity contribution in [1.29, 1.82) is 0 Å². The van der Waals surface area contributed by atoms with Crippen LogP contribution in [0.5, 0.6) is 0 Å². The highest BCUT2D eigenvalue weighted by Gasteiger charge is 2.37. The Hall–Kier alpha value is -4.10. The van der Waals surface area contributed by atoms with Gasteiger partial charge in [0, 0.05) is 28.9 Å². The Morgan fingerprint density at radius 2 is 1.73 bits per heavy atom. The molecular formula is C40H45N. The molecule has 5 rings (SSSR count). The molecule has 3 aliphatic rings. The summed E-state index contributed by atoms with van der Waals surface area (Å²) in [5.41, 5.74) is 10.3. The van der Waals surface area contributed by atoms with Gasteiger partial charge in [0.25, 0.3) is 0 Å². The number of nitrogens with zero attached hydrogens (tertiary/aromatic N) is 1. The lowest BCUT2D eigenvalue weighted by atomic mass is 9.68. The minimum atomic E-state index is -0.0197. The predicted octanol–water partition coefficient (Wildman–Crippen LogP) is 11.3. The smallest absolute Gasteiger partial charge is 0.0458 e. The van der Waals surface area contributed by atoms with Crippen LogP contribution in [0.15, 0.2) is 156 Å². The first-order chi connectivity index (χ1) is 20.1. The maximum Gasteiger partial charge on any atom is 0.0458 e. The summed E-state index contributed by atoms with van der Waals surface area (Å²) in [6, 6.07) is 19.7. The summed E-state index contributed by atoms with van der Waals surface area (Å²) in [6.07, 6.45) is 32.2. The number of anilines is 1. The van der Waals surface area contributed by atoms with E-state index >= 15 is 0 Å². The summed E-state index contributed by atoms with van der Waals surface area (Å²) >= 11 is 0. The molecule has 3 aliphatic carbocycles. The molecule has 0 aromatic heterocycles. The van der Waals surface area contributed by atoms with Crippen LogP contribution in [-0.2, 0) is 5.41 Å². The number of allylic oxidation sites excluding steroid dienone is 15. The van der Waals surface area contributed by atoms with Crippen LogP contribution in [0.4, 0.5) is 5.69 Å². The summed E-state index contributed by atoms with van der Waals surface area (Å²) in [5.74, 6) is 0. The average molecular weight is 540 g/mol. The molecule has 0 fully saturated rings. The summed E-state index contributed by atoms with van der Waals surface area (Å²) in [5, 5.41) is 0. The van der Waals surface area contributed by atoms with E-state index in [-0.39, 0.29) is 5.41 Å². The van der Waals surface area contributed by atoms with Crippen LogP contribution in [0.2, 0.25) is 0 Å². The molecule has 2 aromatic carbocycles. The fourth-order valence-electron chi connectivity index (χ4n) is 5.72. The third kappa shape index (κ3) is 7.16. The van der Waals surface area contributed by atoms with Gasteiger partial charge in [-0.1, -0.05) is 136 Å². The maximum absolute atomic E-state index is 4.12. The van der Waals surface area contributed by atoms with Crippen molar-refractivity contribution in [2.24, 2.45) is 0 Å². The van der Waals surface area contributed by atoms with Crippen LogP contribution >= 0.6 is 0 Å². The average Bonchev–Trinajstić information content (AvgIpc) is 3.26. The second-order valence-corrected chi connectivity index (χ2v) is 10.6. The van der Waals surface area contributed by atoms with Crippen LogP contribution < -0.4 is 4.90 Å². The first kappa shape index (κ1) is 29.9. The molecule has 0 N–H and O–H groups in total. The number of fused-ring (bicyclic) bond motifs is 2. The van der Waals surface area contributed by atoms with Crippen molar-refractivity contribution >= 4 is 11.8 Å². The van der Waals surface area contributed by atoms with Gasteiger partial charge in [-0.2, -0.15) is 0 Å². The van der Waals surface area contributed by atoms with Gasteiger partial charge in [0.15, 0.2) is 0 Å². The van der Waals surface area contributed by atoms with Crippen LogP contribution in [0.1, 0.15) is 70.9 Å². The topological polar surface area (TPSA) is 3.24 Å². The Kier molecular flexibility index (Phi) is 10.6. The van der Waals surface area contributed by atoms with Gasteiger partial charge < -0.3 is 4.90 Å². The number of hydrogen-bond acceptors (Lipinski definition) is 1. The van der Waals surface area contributed by atoms with Crippen molar-refractivity contribution < 1.29 is 0 Å². The van der Waals surface area contributed by atoms with Gasteiger partial charge in [-0.25, -0.2) is 0 Å². The van der Waals surface area contributed by atoms with Crippen LogP contribution in [-0.4, -0.2) is 0 Å². The van der Waals surface area contributed by atoms with Crippen molar-refractivity contribution in [2.45, 2.75) is 65.2 Å². The molecule has 1 heteroatoms. The first-order valence-electron chi connectivity index (χ1n) is 15.2. The van der Waals surface area contributed by atoms with Gasteiger partial charge in [-0.05, 0) is 79.7 Å². The molecule has 0 bridgehead atoms. The monoisotopic (exact) mass is 539 g/mol. The predicted molar refractivity (Wildman–Crippen MR) is 181 cm³/mol. The van der Waals surface area contributed by atoms with Gasteiger partial charge in [0.2, 0.25) is 0 Å². The van der Waals surface area contributed by atoms with E-state index in [1.165, 1.54) is 39.4 Å². The SMILES string of the molecule is C=C(/C=C\C(=C/C)CC1=CC=C(N(C2=Cc3ccccc3C3(C=CC=CC3)C2)c2ccccc2)C=CC1)CC.CC. The quantitative estimate of drug-likeness (QED) is 0.302. The molecule has 1 spiro atoms. The van der Waals surface area contributed by atoms with Gasteiger partial charge in [0.05, 0.1) is 0 Å². The zero-order valence-electron chi connectivity index (χ0n) is 25.3. The summed E-state index contributed by atoms with van der Waals surface area (Å²) < 4.78 is 0. The summed E-state index contributed by atoms with van der Waals surface area (Å²) in [6.45, 7) is 12.4. The summed E-state index contributed by atoms with van der Waals surface area (Å²) in [7, 11) is 0. The van der Waals surface area contributed by atoms with E-state index in [0.29, 0.717) is 0 Å².